The highest BCUT2D eigenvalue weighted by atomic mass is 35.5. The molecule has 0 bridgehead atoms. The Morgan fingerprint density at radius 3 is 2.52 bits per heavy atom. The average molecular weight is 481 g/mol. The van der Waals surface area contributed by atoms with Crippen LogP contribution in [0.4, 0.5) is 5.69 Å². The van der Waals surface area contributed by atoms with Gasteiger partial charge in [-0.25, -0.2) is 0 Å². The van der Waals surface area contributed by atoms with Gasteiger partial charge in [-0.1, -0.05) is 47.5 Å². The molecule has 5 nitrogen and oxygen atoms in total. The van der Waals surface area contributed by atoms with Crippen LogP contribution in [0.3, 0.4) is 0 Å². The first-order chi connectivity index (χ1) is 15.9. The highest BCUT2D eigenvalue weighted by molar-refractivity contribution is 6.32. The summed E-state index contributed by atoms with van der Waals surface area (Å²) in [6.45, 7) is 4.44. The summed E-state index contributed by atoms with van der Waals surface area (Å²) in [6.07, 6.45) is 1.50. The summed E-state index contributed by atoms with van der Waals surface area (Å²) >= 11 is 12.0. The van der Waals surface area contributed by atoms with Gasteiger partial charge in [0, 0.05) is 15.7 Å². The Kier molecular flexibility index (Phi) is 8.37. The Hall–Kier alpha value is -3.46. The van der Waals surface area contributed by atoms with E-state index in [1.165, 1.54) is 6.08 Å². The largest absolute Gasteiger partial charge is 0.490 e. The van der Waals surface area contributed by atoms with Gasteiger partial charge >= 0.3 is 0 Å². The van der Waals surface area contributed by atoms with Crippen molar-refractivity contribution >= 4 is 40.9 Å². The molecular weight excluding hydrogens is 459 g/mol. The molecule has 3 aromatic rings. The lowest BCUT2D eigenvalue weighted by Gasteiger charge is -2.13. The van der Waals surface area contributed by atoms with Crippen molar-refractivity contribution in [3.8, 4) is 17.6 Å². The molecule has 0 aliphatic carbocycles. The number of benzene rings is 3. The van der Waals surface area contributed by atoms with Crippen molar-refractivity contribution in [1.29, 1.82) is 5.26 Å². The number of halogens is 2. The predicted molar refractivity (Wildman–Crippen MR) is 132 cm³/mol. The van der Waals surface area contributed by atoms with Crippen LogP contribution in [0.1, 0.15) is 23.6 Å². The van der Waals surface area contributed by atoms with E-state index in [-0.39, 0.29) is 5.57 Å². The third-order valence-corrected chi connectivity index (χ3v) is 5.43. The van der Waals surface area contributed by atoms with Gasteiger partial charge in [0.1, 0.15) is 18.2 Å². The number of nitrogens with zero attached hydrogens (tertiary/aromatic N) is 1. The van der Waals surface area contributed by atoms with Crippen LogP contribution in [-0.4, -0.2) is 12.5 Å². The Bertz CT molecular complexity index is 1220. The van der Waals surface area contributed by atoms with Crippen LogP contribution in [-0.2, 0) is 11.4 Å². The standard InChI is InChI=1S/C26H22Cl2N2O3/c1-3-32-25-14-19(9-12-24(25)33-16-18-7-10-21(27)11-8-18)13-20(15-29)26(31)30-23-6-4-5-22(28)17(23)2/h4-14H,3,16H2,1-2H3,(H,30,31)/b20-13+. The lowest BCUT2D eigenvalue weighted by molar-refractivity contribution is -0.112. The third-order valence-electron chi connectivity index (χ3n) is 4.77. The van der Waals surface area contributed by atoms with Crippen molar-refractivity contribution in [2.24, 2.45) is 0 Å². The van der Waals surface area contributed by atoms with Gasteiger partial charge in [-0.15, -0.1) is 0 Å². The molecule has 0 saturated heterocycles. The molecule has 33 heavy (non-hydrogen) atoms. The fourth-order valence-electron chi connectivity index (χ4n) is 2.99. The molecule has 1 amide bonds. The van der Waals surface area contributed by atoms with Crippen LogP contribution in [0, 0.1) is 18.3 Å². The lowest BCUT2D eigenvalue weighted by atomic mass is 10.1. The van der Waals surface area contributed by atoms with Gasteiger partial charge < -0.3 is 14.8 Å². The second kappa shape index (κ2) is 11.4. The van der Waals surface area contributed by atoms with Gasteiger partial charge in [0.05, 0.1) is 6.61 Å². The number of anilines is 1. The zero-order valence-electron chi connectivity index (χ0n) is 18.2. The molecule has 0 spiro atoms. The number of carbonyl (C=O) groups is 1. The molecule has 1 N–H and O–H groups in total. The lowest BCUT2D eigenvalue weighted by Crippen LogP contribution is -2.14. The molecule has 0 aromatic heterocycles. The van der Waals surface area contributed by atoms with Gasteiger partial charge in [0.15, 0.2) is 11.5 Å². The SMILES string of the molecule is CCOc1cc(/C=C(\C#N)C(=O)Nc2cccc(Cl)c2C)ccc1OCc1ccc(Cl)cc1. The average Bonchev–Trinajstić information content (AvgIpc) is 2.81. The van der Waals surface area contributed by atoms with Gasteiger partial charge in [-0.3, -0.25) is 4.79 Å². The van der Waals surface area contributed by atoms with E-state index < -0.39 is 5.91 Å². The molecule has 0 saturated carbocycles. The predicted octanol–water partition coefficient (Wildman–Crippen LogP) is 6.83. The van der Waals surface area contributed by atoms with E-state index in [0.29, 0.717) is 46.0 Å². The summed E-state index contributed by atoms with van der Waals surface area (Å²) in [4.78, 5) is 12.7. The summed E-state index contributed by atoms with van der Waals surface area (Å²) < 4.78 is 11.6. The molecule has 0 atom stereocenters. The quantitative estimate of drug-likeness (QED) is 0.283. The number of ether oxygens (including phenoxy) is 2. The highest BCUT2D eigenvalue weighted by Gasteiger charge is 2.13. The Morgan fingerprint density at radius 1 is 1.06 bits per heavy atom. The summed E-state index contributed by atoms with van der Waals surface area (Å²) in [6, 6.07) is 19.8. The van der Waals surface area contributed by atoms with Crippen molar-refractivity contribution in [1.82, 2.24) is 0 Å². The molecule has 0 aliphatic rings. The molecule has 0 radical (unpaired) electrons. The number of hydrogen-bond donors (Lipinski definition) is 1. The first-order valence-electron chi connectivity index (χ1n) is 10.2. The second-order valence-electron chi connectivity index (χ2n) is 7.09. The number of nitrogens with one attached hydrogen (secondary N) is 1. The first-order valence-corrected chi connectivity index (χ1v) is 11.0. The molecule has 0 aliphatic heterocycles. The Labute approximate surface area is 203 Å². The molecule has 168 valence electrons. The van der Waals surface area contributed by atoms with Crippen LogP contribution in [0.25, 0.3) is 6.08 Å². The topological polar surface area (TPSA) is 71.3 Å². The van der Waals surface area contributed by atoms with E-state index >= 15 is 0 Å². The summed E-state index contributed by atoms with van der Waals surface area (Å²) in [5.74, 6) is 0.550. The maximum absolute atomic E-state index is 12.7. The van der Waals surface area contributed by atoms with E-state index in [2.05, 4.69) is 5.32 Å². The fourth-order valence-corrected chi connectivity index (χ4v) is 3.29. The van der Waals surface area contributed by atoms with Crippen molar-refractivity contribution < 1.29 is 14.3 Å². The van der Waals surface area contributed by atoms with Gasteiger partial charge in [0.2, 0.25) is 0 Å². The number of nitriles is 1. The zero-order valence-corrected chi connectivity index (χ0v) is 19.7. The van der Waals surface area contributed by atoms with Gasteiger partial charge in [-0.05, 0) is 73.0 Å². The van der Waals surface area contributed by atoms with Crippen molar-refractivity contribution in [2.75, 3.05) is 11.9 Å². The van der Waals surface area contributed by atoms with Crippen LogP contribution in [0.5, 0.6) is 11.5 Å². The maximum Gasteiger partial charge on any atom is 0.266 e. The summed E-state index contributed by atoms with van der Waals surface area (Å²) in [7, 11) is 0. The number of carbonyl (C=O) groups excluding carboxylic acids is 1. The summed E-state index contributed by atoms with van der Waals surface area (Å²) in [5, 5.41) is 13.5. The molecular formula is C26H22Cl2N2O3. The second-order valence-corrected chi connectivity index (χ2v) is 7.93. The van der Waals surface area contributed by atoms with Crippen molar-refractivity contribution in [3.05, 3.63) is 93.0 Å². The minimum Gasteiger partial charge on any atom is -0.490 e. The molecule has 0 unspecified atom stereocenters. The molecule has 3 rings (SSSR count). The molecule has 0 fully saturated rings. The van der Waals surface area contributed by atoms with E-state index in [1.807, 2.05) is 25.1 Å². The van der Waals surface area contributed by atoms with Crippen molar-refractivity contribution in [3.63, 3.8) is 0 Å². The molecule has 7 heteroatoms. The van der Waals surface area contributed by atoms with E-state index in [1.54, 1.807) is 55.5 Å². The Morgan fingerprint density at radius 2 is 1.82 bits per heavy atom. The van der Waals surface area contributed by atoms with Gasteiger partial charge in [-0.2, -0.15) is 5.26 Å². The minimum atomic E-state index is -0.524. The third kappa shape index (κ3) is 6.52. The monoisotopic (exact) mass is 480 g/mol. The fraction of sp³-hybridized carbons (Fsp3) is 0.154. The van der Waals surface area contributed by atoms with Crippen LogP contribution >= 0.6 is 23.2 Å². The Balaban J connectivity index is 1.79. The van der Waals surface area contributed by atoms with E-state index in [0.717, 1.165) is 11.1 Å². The van der Waals surface area contributed by atoms with Gasteiger partial charge in [0.25, 0.3) is 5.91 Å². The maximum atomic E-state index is 12.7. The number of hydrogen-bond acceptors (Lipinski definition) is 4. The minimum absolute atomic E-state index is 0.0494. The smallest absolute Gasteiger partial charge is 0.266 e. The summed E-state index contributed by atoms with van der Waals surface area (Å²) in [5.41, 5.74) is 2.82. The van der Waals surface area contributed by atoms with E-state index in [9.17, 15) is 10.1 Å². The number of rotatable bonds is 8. The molecule has 0 heterocycles. The van der Waals surface area contributed by atoms with Crippen LogP contribution in [0.15, 0.2) is 66.2 Å². The molecule has 3 aromatic carbocycles. The van der Waals surface area contributed by atoms with E-state index in [4.69, 9.17) is 32.7 Å². The van der Waals surface area contributed by atoms with Crippen LogP contribution < -0.4 is 14.8 Å². The van der Waals surface area contributed by atoms with Crippen LogP contribution in [0.2, 0.25) is 10.0 Å². The normalized spacial score (nSPS) is 10.9. The van der Waals surface area contributed by atoms with Crippen molar-refractivity contribution in [2.45, 2.75) is 20.5 Å². The highest BCUT2D eigenvalue weighted by Crippen LogP contribution is 2.30. The zero-order chi connectivity index (χ0) is 23.8. The first kappa shape index (κ1) is 24.2. The number of amides is 1.